The standard InChI is InChI=1S/C29H29N5O2/c35-27(22-5-6-22)33-15-13-32(19-33)14-16-34-26(31-29(10-11-29)28(34)36)21-3-1-20(2-4-21)23-7-8-25-18-30-12-9-24(25)17-23/h1-4,7-9,12,17-18,22H,5-6,10-11,13-16,19H2. The zero-order chi connectivity index (χ0) is 24.3. The molecule has 7 heteroatoms. The van der Waals surface area contributed by atoms with Crippen molar-refractivity contribution in [2.24, 2.45) is 10.9 Å². The van der Waals surface area contributed by atoms with Crippen LogP contribution in [0.25, 0.3) is 21.9 Å². The fraction of sp³-hybridized carbons (Fsp3) is 0.379. The van der Waals surface area contributed by atoms with Gasteiger partial charge in [-0.15, -0.1) is 0 Å². The van der Waals surface area contributed by atoms with E-state index in [0.29, 0.717) is 19.1 Å². The summed E-state index contributed by atoms with van der Waals surface area (Å²) in [7, 11) is 0. The fourth-order valence-electron chi connectivity index (χ4n) is 5.44. The van der Waals surface area contributed by atoms with Gasteiger partial charge in [0.2, 0.25) is 5.91 Å². The van der Waals surface area contributed by atoms with Crippen LogP contribution in [0.1, 0.15) is 31.2 Å². The summed E-state index contributed by atoms with van der Waals surface area (Å²) in [6, 6.07) is 16.8. The topological polar surface area (TPSA) is 69.1 Å². The molecule has 3 aromatic rings. The van der Waals surface area contributed by atoms with E-state index in [0.717, 1.165) is 73.2 Å². The van der Waals surface area contributed by atoms with Crippen molar-refractivity contribution >= 4 is 28.4 Å². The zero-order valence-electron chi connectivity index (χ0n) is 20.3. The molecular weight excluding hydrogens is 450 g/mol. The first-order chi connectivity index (χ1) is 17.6. The van der Waals surface area contributed by atoms with E-state index in [-0.39, 0.29) is 11.8 Å². The Hall–Kier alpha value is -3.58. The molecule has 4 aliphatic rings. The Morgan fingerprint density at radius 3 is 2.47 bits per heavy atom. The van der Waals surface area contributed by atoms with Gasteiger partial charge in [-0.05, 0) is 54.3 Å². The first-order valence-electron chi connectivity index (χ1n) is 13.0. The van der Waals surface area contributed by atoms with Gasteiger partial charge < -0.3 is 4.90 Å². The number of amides is 2. The number of rotatable bonds is 6. The molecule has 2 aliphatic heterocycles. The molecule has 2 aliphatic carbocycles. The molecule has 3 fully saturated rings. The number of aliphatic imine (C=N–C) groups is 1. The van der Waals surface area contributed by atoms with Crippen molar-refractivity contribution < 1.29 is 9.59 Å². The molecular formula is C29H29N5O2. The number of carbonyl (C=O) groups is 2. The number of benzene rings is 2. The molecule has 0 bridgehead atoms. The van der Waals surface area contributed by atoms with Crippen LogP contribution >= 0.6 is 0 Å². The van der Waals surface area contributed by atoms with Crippen LogP contribution in [0.3, 0.4) is 0 Å². The maximum absolute atomic E-state index is 13.3. The van der Waals surface area contributed by atoms with Crippen molar-refractivity contribution in [3.63, 3.8) is 0 Å². The van der Waals surface area contributed by atoms with Crippen molar-refractivity contribution in [2.75, 3.05) is 32.8 Å². The maximum atomic E-state index is 13.3. The molecule has 0 radical (unpaired) electrons. The molecule has 3 heterocycles. The van der Waals surface area contributed by atoms with E-state index in [1.807, 2.05) is 28.3 Å². The quantitative estimate of drug-likeness (QED) is 0.542. The average molecular weight is 480 g/mol. The highest BCUT2D eigenvalue weighted by Gasteiger charge is 2.57. The van der Waals surface area contributed by atoms with Gasteiger partial charge in [-0.2, -0.15) is 0 Å². The van der Waals surface area contributed by atoms with Crippen molar-refractivity contribution in [3.8, 4) is 11.1 Å². The summed E-state index contributed by atoms with van der Waals surface area (Å²) >= 11 is 0. The van der Waals surface area contributed by atoms with E-state index in [4.69, 9.17) is 4.99 Å². The number of carbonyl (C=O) groups excluding carboxylic acids is 2. The summed E-state index contributed by atoms with van der Waals surface area (Å²) in [5, 5.41) is 2.29. The maximum Gasteiger partial charge on any atom is 0.256 e. The van der Waals surface area contributed by atoms with E-state index in [1.54, 1.807) is 0 Å². The van der Waals surface area contributed by atoms with E-state index >= 15 is 0 Å². The third-order valence-corrected chi connectivity index (χ3v) is 7.99. The molecule has 7 nitrogen and oxygen atoms in total. The first-order valence-corrected chi connectivity index (χ1v) is 13.0. The first kappa shape index (κ1) is 21.7. The fourth-order valence-corrected chi connectivity index (χ4v) is 5.44. The van der Waals surface area contributed by atoms with Crippen LogP contribution in [0, 0.1) is 5.92 Å². The minimum Gasteiger partial charge on any atom is -0.328 e. The van der Waals surface area contributed by atoms with Crippen LogP contribution in [-0.2, 0) is 9.59 Å². The van der Waals surface area contributed by atoms with Gasteiger partial charge in [-0.1, -0.05) is 36.4 Å². The zero-order valence-corrected chi connectivity index (χ0v) is 20.3. The van der Waals surface area contributed by atoms with Crippen molar-refractivity contribution in [1.82, 2.24) is 19.7 Å². The lowest BCUT2D eigenvalue weighted by Gasteiger charge is -2.23. The van der Waals surface area contributed by atoms with Gasteiger partial charge in [-0.3, -0.25) is 29.4 Å². The number of nitrogens with zero attached hydrogens (tertiary/aromatic N) is 5. The molecule has 0 atom stereocenters. The minimum atomic E-state index is -0.528. The number of fused-ring (bicyclic) bond motifs is 1. The lowest BCUT2D eigenvalue weighted by atomic mass is 10.0. The van der Waals surface area contributed by atoms with Gasteiger partial charge in [0.25, 0.3) is 5.91 Å². The third-order valence-electron chi connectivity index (χ3n) is 7.99. The summed E-state index contributed by atoms with van der Waals surface area (Å²) in [6.07, 6.45) is 7.45. The molecule has 1 aromatic heterocycles. The van der Waals surface area contributed by atoms with E-state index in [2.05, 4.69) is 52.3 Å². The number of amidine groups is 1. The van der Waals surface area contributed by atoms with Gasteiger partial charge in [0.05, 0.1) is 6.67 Å². The average Bonchev–Trinajstić information content (AvgIpc) is 3.84. The van der Waals surface area contributed by atoms with Crippen LogP contribution in [0.4, 0.5) is 0 Å². The summed E-state index contributed by atoms with van der Waals surface area (Å²) in [6.45, 7) is 3.69. The number of hydrogen-bond donors (Lipinski definition) is 0. The molecule has 1 spiro atoms. The Labute approximate surface area is 210 Å². The van der Waals surface area contributed by atoms with Gasteiger partial charge in [0.15, 0.2) is 0 Å². The Morgan fingerprint density at radius 2 is 1.69 bits per heavy atom. The largest absolute Gasteiger partial charge is 0.328 e. The third kappa shape index (κ3) is 3.78. The minimum absolute atomic E-state index is 0.134. The van der Waals surface area contributed by atoms with Crippen LogP contribution in [0.15, 0.2) is 65.9 Å². The smallest absolute Gasteiger partial charge is 0.256 e. The Kier molecular flexibility index (Phi) is 4.96. The van der Waals surface area contributed by atoms with Crippen LogP contribution < -0.4 is 0 Å². The van der Waals surface area contributed by atoms with E-state index in [9.17, 15) is 9.59 Å². The lowest BCUT2D eigenvalue weighted by Crippen LogP contribution is -2.42. The van der Waals surface area contributed by atoms with E-state index < -0.39 is 5.54 Å². The predicted octanol–water partition coefficient (Wildman–Crippen LogP) is 3.53. The van der Waals surface area contributed by atoms with Crippen molar-refractivity contribution in [2.45, 2.75) is 31.2 Å². The second kappa shape index (κ2) is 8.23. The molecule has 36 heavy (non-hydrogen) atoms. The highest BCUT2D eigenvalue weighted by atomic mass is 16.2. The highest BCUT2D eigenvalue weighted by Crippen LogP contribution is 2.46. The van der Waals surface area contributed by atoms with Crippen molar-refractivity contribution in [1.29, 1.82) is 0 Å². The second-order valence-corrected chi connectivity index (χ2v) is 10.6. The molecule has 7 rings (SSSR count). The van der Waals surface area contributed by atoms with Gasteiger partial charge >= 0.3 is 0 Å². The monoisotopic (exact) mass is 479 g/mol. The van der Waals surface area contributed by atoms with Crippen LogP contribution in [0.5, 0.6) is 0 Å². The summed E-state index contributed by atoms with van der Waals surface area (Å²) in [4.78, 5) is 41.0. The molecule has 2 saturated carbocycles. The molecule has 0 unspecified atom stereocenters. The van der Waals surface area contributed by atoms with E-state index in [1.165, 1.54) is 5.39 Å². The SMILES string of the molecule is O=C(C1CC1)N1CCN(CCN2C(=O)C3(CC3)N=C2c2ccc(-c3ccc4cnccc4c3)cc2)C1. The highest BCUT2D eigenvalue weighted by molar-refractivity contribution is 6.16. The van der Waals surface area contributed by atoms with Crippen molar-refractivity contribution in [3.05, 3.63) is 66.5 Å². The Bertz CT molecular complexity index is 1390. The summed E-state index contributed by atoms with van der Waals surface area (Å²) in [5.74, 6) is 1.49. The number of hydrogen-bond acceptors (Lipinski definition) is 5. The normalized spacial score (nSPS) is 21.0. The Morgan fingerprint density at radius 1 is 0.917 bits per heavy atom. The summed E-state index contributed by atoms with van der Waals surface area (Å²) in [5.41, 5.74) is 2.74. The van der Waals surface area contributed by atoms with Crippen LogP contribution in [-0.4, -0.2) is 75.7 Å². The summed E-state index contributed by atoms with van der Waals surface area (Å²) < 4.78 is 0. The number of pyridine rings is 1. The molecule has 2 aromatic carbocycles. The predicted molar refractivity (Wildman–Crippen MR) is 138 cm³/mol. The number of aromatic nitrogens is 1. The molecule has 2 amide bonds. The van der Waals surface area contributed by atoms with Gasteiger partial charge in [-0.25, -0.2) is 0 Å². The van der Waals surface area contributed by atoms with Gasteiger partial charge in [0.1, 0.15) is 11.4 Å². The Balaban J connectivity index is 1.08. The molecule has 0 N–H and O–H groups in total. The molecule has 1 saturated heterocycles. The van der Waals surface area contributed by atoms with Crippen LogP contribution in [0.2, 0.25) is 0 Å². The lowest BCUT2D eigenvalue weighted by molar-refractivity contribution is -0.132. The van der Waals surface area contributed by atoms with Gasteiger partial charge in [0, 0.05) is 55.4 Å². The molecule has 182 valence electrons. The second-order valence-electron chi connectivity index (χ2n) is 10.6.